The van der Waals surface area contributed by atoms with E-state index in [1.807, 2.05) is 0 Å². The molecule has 0 aliphatic heterocycles. The van der Waals surface area contributed by atoms with Crippen molar-refractivity contribution in [3.63, 3.8) is 0 Å². The highest BCUT2D eigenvalue weighted by Crippen LogP contribution is 2.52. The Labute approximate surface area is 68.1 Å². The standard InChI is InChI=1S/C10H16O/c1-2-9-7-3-4-8(5-7)10(9)6-11/h2,7-11H,1,3-6H2/t7-,8+,9-,10+/m0/s1. The van der Waals surface area contributed by atoms with Gasteiger partial charge in [-0.1, -0.05) is 6.08 Å². The summed E-state index contributed by atoms with van der Waals surface area (Å²) < 4.78 is 0. The monoisotopic (exact) mass is 152 g/mol. The Hall–Kier alpha value is -0.300. The first kappa shape index (κ1) is 7.35. The van der Waals surface area contributed by atoms with Crippen LogP contribution < -0.4 is 0 Å². The third-order valence-electron chi connectivity index (χ3n) is 3.64. The van der Waals surface area contributed by atoms with Gasteiger partial charge in [-0.25, -0.2) is 0 Å². The molecule has 1 N–H and O–H groups in total. The average Bonchev–Trinajstić information content (AvgIpc) is 2.60. The molecule has 0 amide bonds. The molecule has 0 radical (unpaired) electrons. The maximum Gasteiger partial charge on any atom is 0.0467 e. The fourth-order valence-corrected chi connectivity index (χ4v) is 3.09. The molecule has 2 bridgehead atoms. The van der Waals surface area contributed by atoms with Crippen LogP contribution in [0.1, 0.15) is 19.3 Å². The Morgan fingerprint density at radius 1 is 1.36 bits per heavy atom. The quantitative estimate of drug-likeness (QED) is 0.598. The van der Waals surface area contributed by atoms with E-state index >= 15 is 0 Å². The Morgan fingerprint density at radius 2 is 2.09 bits per heavy atom. The predicted molar refractivity (Wildman–Crippen MR) is 45.1 cm³/mol. The summed E-state index contributed by atoms with van der Waals surface area (Å²) in [4.78, 5) is 0. The first-order valence-electron chi connectivity index (χ1n) is 4.60. The van der Waals surface area contributed by atoms with Gasteiger partial charge in [-0.15, -0.1) is 6.58 Å². The van der Waals surface area contributed by atoms with Gasteiger partial charge in [0.1, 0.15) is 0 Å². The second kappa shape index (κ2) is 2.63. The van der Waals surface area contributed by atoms with Crippen molar-refractivity contribution < 1.29 is 5.11 Å². The highest BCUT2D eigenvalue weighted by atomic mass is 16.3. The molecule has 2 aliphatic carbocycles. The number of hydrogen-bond acceptors (Lipinski definition) is 1. The highest BCUT2D eigenvalue weighted by molar-refractivity contribution is 5.02. The summed E-state index contributed by atoms with van der Waals surface area (Å²) in [6, 6.07) is 0. The molecule has 1 nitrogen and oxygen atoms in total. The summed E-state index contributed by atoms with van der Waals surface area (Å²) >= 11 is 0. The van der Waals surface area contributed by atoms with E-state index in [2.05, 4.69) is 12.7 Å². The molecule has 0 saturated heterocycles. The summed E-state index contributed by atoms with van der Waals surface area (Å²) in [5, 5.41) is 9.14. The molecule has 2 saturated carbocycles. The van der Waals surface area contributed by atoms with Crippen molar-refractivity contribution in [3.05, 3.63) is 12.7 Å². The van der Waals surface area contributed by atoms with Crippen LogP contribution in [0, 0.1) is 23.7 Å². The lowest BCUT2D eigenvalue weighted by Gasteiger charge is -2.26. The zero-order valence-corrected chi connectivity index (χ0v) is 6.87. The summed E-state index contributed by atoms with van der Waals surface area (Å²) in [7, 11) is 0. The summed E-state index contributed by atoms with van der Waals surface area (Å²) in [6.07, 6.45) is 6.13. The molecule has 0 aromatic heterocycles. The second-order valence-electron chi connectivity index (χ2n) is 3.99. The fraction of sp³-hybridized carbons (Fsp3) is 0.800. The molecule has 1 heteroatoms. The molecule has 0 aromatic rings. The van der Waals surface area contributed by atoms with Crippen LogP contribution in [0.4, 0.5) is 0 Å². The maximum atomic E-state index is 9.14. The van der Waals surface area contributed by atoms with Crippen molar-refractivity contribution in [2.75, 3.05) is 6.61 Å². The smallest absolute Gasteiger partial charge is 0.0467 e. The van der Waals surface area contributed by atoms with E-state index in [0.717, 1.165) is 11.8 Å². The topological polar surface area (TPSA) is 20.2 Å². The minimum Gasteiger partial charge on any atom is -0.396 e. The Morgan fingerprint density at radius 3 is 2.64 bits per heavy atom. The first-order valence-corrected chi connectivity index (χ1v) is 4.60. The third kappa shape index (κ3) is 0.943. The molecule has 11 heavy (non-hydrogen) atoms. The van der Waals surface area contributed by atoms with Gasteiger partial charge in [-0.05, 0) is 42.9 Å². The van der Waals surface area contributed by atoms with E-state index in [9.17, 15) is 0 Å². The maximum absolute atomic E-state index is 9.14. The number of hydrogen-bond donors (Lipinski definition) is 1. The van der Waals surface area contributed by atoms with Crippen LogP contribution in [0.2, 0.25) is 0 Å². The molecule has 4 atom stereocenters. The van der Waals surface area contributed by atoms with Gasteiger partial charge in [0.2, 0.25) is 0 Å². The van der Waals surface area contributed by atoms with Gasteiger partial charge in [0, 0.05) is 6.61 Å². The molecule has 0 unspecified atom stereocenters. The van der Waals surface area contributed by atoms with Crippen LogP contribution in [-0.4, -0.2) is 11.7 Å². The molecule has 0 aromatic carbocycles. The third-order valence-corrected chi connectivity index (χ3v) is 3.64. The predicted octanol–water partition coefficient (Wildman–Crippen LogP) is 1.83. The normalized spacial score (nSPS) is 48.1. The van der Waals surface area contributed by atoms with E-state index in [-0.39, 0.29) is 0 Å². The van der Waals surface area contributed by atoms with Crippen molar-refractivity contribution in [2.45, 2.75) is 19.3 Å². The van der Waals surface area contributed by atoms with Crippen molar-refractivity contribution in [1.29, 1.82) is 0 Å². The van der Waals surface area contributed by atoms with E-state index in [0.29, 0.717) is 18.4 Å². The SMILES string of the molecule is C=C[C@H]1[C@H]2CC[C@H](C2)[C@H]1CO. The van der Waals surface area contributed by atoms with Crippen LogP contribution in [-0.2, 0) is 0 Å². The summed E-state index contributed by atoms with van der Waals surface area (Å²) in [6.45, 7) is 4.22. The van der Waals surface area contributed by atoms with Gasteiger partial charge in [0.15, 0.2) is 0 Å². The second-order valence-corrected chi connectivity index (χ2v) is 3.99. The zero-order valence-electron chi connectivity index (χ0n) is 6.87. The van der Waals surface area contributed by atoms with Crippen LogP contribution >= 0.6 is 0 Å². The first-order chi connectivity index (χ1) is 5.36. The Bertz CT molecular complexity index is 164. The van der Waals surface area contributed by atoms with Crippen LogP contribution in [0.25, 0.3) is 0 Å². The molecule has 62 valence electrons. The Balaban J connectivity index is 2.13. The lowest BCUT2D eigenvalue weighted by Crippen LogP contribution is -2.23. The lowest BCUT2D eigenvalue weighted by atomic mass is 9.80. The number of aliphatic hydroxyl groups excluding tert-OH is 1. The number of rotatable bonds is 2. The van der Waals surface area contributed by atoms with Crippen molar-refractivity contribution in [3.8, 4) is 0 Å². The van der Waals surface area contributed by atoms with Crippen molar-refractivity contribution in [2.24, 2.45) is 23.7 Å². The van der Waals surface area contributed by atoms with E-state index < -0.39 is 0 Å². The lowest BCUT2D eigenvalue weighted by molar-refractivity contribution is 0.147. The summed E-state index contributed by atoms with van der Waals surface area (Å²) in [5.41, 5.74) is 0. The number of fused-ring (bicyclic) bond motifs is 2. The largest absolute Gasteiger partial charge is 0.396 e. The molecule has 0 spiro atoms. The number of allylic oxidation sites excluding steroid dienone is 1. The zero-order chi connectivity index (χ0) is 7.84. The van der Waals surface area contributed by atoms with Gasteiger partial charge < -0.3 is 5.11 Å². The molecular weight excluding hydrogens is 136 g/mol. The van der Waals surface area contributed by atoms with Crippen molar-refractivity contribution >= 4 is 0 Å². The van der Waals surface area contributed by atoms with Crippen LogP contribution in [0.15, 0.2) is 12.7 Å². The van der Waals surface area contributed by atoms with Gasteiger partial charge >= 0.3 is 0 Å². The van der Waals surface area contributed by atoms with Gasteiger partial charge in [0.05, 0.1) is 0 Å². The van der Waals surface area contributed by atoms with Gasteiger partial charge in [-0.2, -0.15) is 0 Å². The molecule has 2 fully saturated rings. The Kier molecular flexibility index (Phi) is 1.76. The molecular formula is C10H16O. The molecule has 2 aliphatic rings. The van der Waals surface area contributed by atoms with Crippen LogP contribution in [0.5, 0.6) is 0 Å². The van der Waals surface area contributed by atoms with Gasteiger partial charge in [-0.3, -0.25) is 0 Å². The summed E-state index contributed by atoms with van der Waals surface area (Å²) in [5.74, 6) is 2.84. The number of aliphatic hydroxyl groups is 1. The van der Waals surface area contributed by atoms with E-state index in [1.54, 1.807) is 0 Å². The van der Waals surface area contributed by atoms with Gasteiger partial charge in [0.25, 0.3) is 0 Å². The molecule has 2 rings (SSSR count). The molecule has 0 heterocycles. The minimum absolute atomic E-state index is 0.373. The van der Waals surface area contributed by atoms with Crippen molar-refractivity contribution in [1.82, 2.24) is 0 Å². The van der Waals surface area contributed by atoms with E-state index in [1.165, 1.54) is 19.3 Å². The minimum atomic E-state index is 0.373. The van der Waals surface area contributed by atoms with Crippen LogP contribution in [0.3, 0.4) is 0 Å². The van der Waals surface area contributed by atoms with E-state index in [4.69, 9.17) is 5.11 Å². The fourth-order valence-electron chi connectivity index (χ4n) is 3.09. The highest BCUT2D eigenvalue weighted by Gasteiger charge is 2.45. The average molecular weight is 152 g/mol.